The molecule has 4 aromatic rings. The van der Waals surface area contributed by atoms with Gasteiger partial charge in [-0.1, -0.05) is 11.3 Å². The van der Waals surface area contributed by atoms with Crippen LogP contribution in [0.4, 0.5) is 5.13 Å². The number of hydrogen-bond donors (Lipinski definition) is 1. The second-order valence-electron chi connectivity index (χ2n) is 9.40. The number of nitrogens with one attached hydrogen (secondary N) is 1. The normalized spacial score (nSPS) is 17.1. The van der Waals surface area contributed by atoms with Gasteiger partial charge < -0.3 is 10.1 Å². The van der Waals surface area contributed by atoms with Crippen molar-refractivity contribution in [2.75, 3.05) is 57.8 Å². The zero-order valence-electron chi connectivity index (χ0n) is 20.8. The molecule has 0 radical (unpaired) electrons. The lowest BCUT2D eigenvalue weighted by Crippen LogP contribution is -2.49. The Kier molecular flexibility index (Phi) is 7.34. The van der Waals surface area contributed by atoms with Crippen molar-refractivity contribution in [3.05, 3.63) is 36.0 Å². The highest BCUT2D eigenvalue weighted by atomic mass is 32.2. The highest BCUT2D eigenvalue weighted by Gasteiger charge is 2.26. The lowest BCUT2D eigenvalue weighted by Gasteiger charge is -2.34. The third kappa shape index (κ3) is 5.93. The van der Waals surface area contributed by atoms with Crippen molar-refractivity contribution in [3.63, 3.8) is 0 Å². The first-order valence-corrected chi connectivity index (χ1v) is 14.4. The molecule has 3 aromatic heterocycles. The lowest BCUT2D eigenvalue weighted by atomic mass is 10.3. The van der Waals surface area contributed by atoms with Gasteiger partial charge >= 0.3 is 0 Å². The van der Waals surface area contributed by atoms with E-state index in [0.29, 0.717) is 17.6 Å². The summed E-state index contributed by atoms with van der Waals surface area (Å²) in [6.07, 6.45) is 2.41. The summed E-state index contributed by atoms with van der Waals surface area (Å²) < 4.78 is 8.30. The predicted molar refractivity (Wildman–Crippen MR) is 145 cm³/mol. The standard InChI is InChI=1S/C25H30N8O2S2/c1-2-35-14-13-31-9-11-32(12-10-31)16-23(34)27-24-26-20-6-5-18(15-21(20)37-24)36-25-29-28-22-8-7-19(17-3-4-17)30-33(22)25/h5-8,15,17H,2-4,9-14,16H2,1H3,(H,26,27,34). The molecule has 0 spiro atoms. The van der Waals surface area contributed by atoms with Gasteiger partial charge in [-0.2, -0.15) is 9.61 Å². The largest absolute Gasteiger partial charge is 0.380 e. The molecule has 6 rings (SSSR count). The van der Waals surface area contributed by atoms with Crippen LogP contribution in [0.2, 0.25) is 0 Å². The Hall–Kier alpha value is -2.64. The minimum atomic E-state index is -0.0242. The zero-order valence-corrected chi connectivity index (χ0v) is 22.4. The van der Waals surface area contributed by atoms with Gasteiger partial charge in [0.05, 0.1) is 29.1 Å². The van der Waals surface area contributed by atoms with Gasteiger partial charge in [0.2, 0.25) is 11.1 Å². The van der Waals surface area contributed by atoms with E-state index in [1.165, 1.54) is 35.9 Å². The third-order valence-corrected chi connectivity index (χ3v) is 8.51. The van der Waals surface area contributed by atoms with Crippen molar-refractivity contribution in [2.24, 2.45) is 0 Å². The maximum Gasteiger partial charge on any atom is 0.240 e. The molecule has 194 valence electrons. The van der Waals surface area contributed by atoms with Crippen LogP contribution < -0.4 is 5.32 Å². The Bertz CT molecular complexity index is 1390. The van der Waals surface area contributed by atoms with Crippen molar-refractivity contribution in [1.82, 2.24) is 34.6 Å². The number of hydrogen-bond acceptors (Lipinski definition) is 10. The van der Waals surface area contributed by atoms with Crippen LogP contribution in [0.25, 0.3) is 15.9 Å². The molecule has 1 aliphatic carbocycles. The Morgan fingerprint density at radius 1 is 1.14 bits per heavy atom. The summed E-state index contributed by atoms with van der Waals surface area (Å²) in [6.45, 7) is 8.55. The number of carbonyl (C=O) groups excluding carboxylic acids is 1. The summed E-state index contributed by atoms with van der Waals surface area (Å²) in [5, 5.41) is 17.7. The average Bonchev–Trinajstić information content (AvgIpc) is 3.57. The summed E-state index contributed by atoms with van der Waals surface area (Å²) in [7, 11) is 0. The molecule has 1 amide bonds. The van der Waals surface area contributed by atoms with Gasteiger partial charge in [0.25, 0.3) is 0 Å². The zero-order chi connectivity index (χ0) is 25.2. The molecule has 4 heterocycles. The molecule has 2 fully saturated rings. The first kappa shape index (κ1) is 24.7. The molecule has 0 unspecified atom stereocenters. The summed E-state index contributed by atoms with van der Waals surface area (Å²) in [4.78, 5) is 22.9. The smallest absolute Gasteiger partial charge is 0.240 e. The Balaban J connectivity index is 1.06. The van der Waals surface area contributed by atoms with Gasteiger partial charge in [0.15, 0.2) is 10.8 Å². The topological polar surface area (TPSA) is 101 Å². The van der Waals surface area contributed by atoms with Gasteiger partial charge in [0.1, 0.15) is 0 Å². The van der Waals surface area contributed by atoms with Gasteiger partial charge in [0, 0.05) is 50.1 Å². The van der Waals surface area contributed by atoms with Crippen molar-refractivity contribution < 1.29 is 9.53 Å². The molecule has 37 heavy (non-hydrogen) atoms. The van der Waals surface area contributed by atoms with Crippen LogP contribution in [0.1, 0.15) is 31.4 Å². The molecule has 1 N–H and O–H groups in total. The fourth-order valence-corrected chi connectivity index (χ4v) is 6.26. The second-order valence-corrected chi connectivity index (χ2v) is 11.5. The number of thiazole rings is 1. The van der Waals surface area contributed by atoms with Crippen LogP contribution in [-0.2, 0) is 9.53 Å². The number of aromatic nitrogens is 5. The van der Waals surface area contributed by atoms with Gasteiger partial charge in [-0.3, -0.25) is 14.6 Å². The molecule has 0 bridgehead atoms. The average molecular weight is 539 g/mol. The minimum absolute atomic E-state index is 0.0242. The molecule has 1 aliphatic heterocycles. The second kappa shape index (κ2) is 11.0. The van der Waals surface area contributed by atoms with E-state index in [4.69, 9.17) is 9.84 Å². The van der Waals surface area contributed by atoms with Crippen molar-refractivity contribution >= 4 is 50.0 Å². The third-order valence-electron chi connectivity index (χ3n) is 6.65. The van der Waals surface area contributed by atoms with Crippen LogP contribution in [0, 0.1) is 0 Å². The van der Waals surface area contributed by atoms with E-state index in [-0.39, 0.29) is 5.91 Å². The van der Waals surface area contributed by atoms with Crippen molar-refractivity contribution in [1.29, 1.82) is 0 Å². The molecule has 1 saturated heterocycles. The molecule has 2 aliphatic rings. The highest BCUT2D eigenvalue weighted by Crippen LogP contribution is 2.39. The fraction of sp³-hybridized carbons (Fsp3) is 0.480. The number of anilines is 1. The van der Waals surface area contributed by atoms with Crippen LogP contribution in [0.15, 0.2) is 40.4 Å². The van der Waals surface area contributed by atoms with E-state index in [0.717, 1.165) is 77.5 Å². The maximum atomic E-state index is 12.7. The summed E-state index contributed by atoms with van der Waals surface area (Å²) in [6, 6.07) is 10.1. The molecule has 10 nitrogen and oxygen atoms in total. The SMILES string of the molecule is CCOCCN1CCN(CC(=O)Nc2nc3ccc(Sc4nnc5ccc(C6CC6)nn45)cc3s2)CC1. The molecule has 0 atom stereocenters. The summed E-state index contributed by atoms with van der Waals surface area (Å²) in [5.74, 6) is 0.547. The van der Waals surface area contributed by atoms with Gasteiger partial charge in [-0.05, 0) is 61.9 Å². The van der Waals surface area contributed by atoms with E-state index < -0.39 is 0 Å². The Morgan fingerprint density at radius 3 is 2.78 bits per heavy atom. The maximum absolute atomic E-state index is 12.7. The van der Waals surface area contributed by atoms with E-state index in [2.05, 4.69) is 42.4 Å². The molecular formula is C25H30N8O2S2. The van der Waals surface area contributed by atoms with E-state index >= 15 is 0 Å². The monoisotopic (exact) mass is 538 g/mol. The van der Waals surface area contributed by atoms with Crippen LogP contribution in [0.5, 0.6) is 0 Å². The molecule has 12 heteroatoms. The lowest BCUT2D eigenvalue weighted by molar-refractivity contribution is -0.117. The number of nitrogens with zero attached hydrogens (tertiary/aromatic N) is 7. The van der Waals surface area contributed by atoms with E-state index in [9.17, 15) is 4.79 Å². The summed E-state index contributed by atoms with van der Waals surface area (Å²) >= 11 is 3.02. The summed E-state index contributed by atoms with van der Waals surface area (Å²) in [5.41, 5.74) is 2.73. The molecule has 1 saturated carbocycles. The number of rotatable bonds is 10. The molecular weight excluding hydrogens is 508 g/mol. The van der Waals surface area contributed by atoms with Crippen LogP contribution in [-0.4, -0.2) is 93.0 Å². The minimum Gasteiger partial charge on any atom is -0.380 e. The number of fused-ring (bicyclic) bond motifs is 2. The number of ether oxygens (including phenoxy) is 1. The van der Waals surface area contributed by atoms with Crippen LogP contribution >= 0.6 is 23.1 Å². The Morgan fingerprint density at radius 2 is 1.97 bits per heavy atom. The highest BCUT2D eigenvalue weighted by molar-refractivity contribution is 7.99. The predicted octanol–water partition coefficient (Wildman–Crippen LogP) is 3.36. The first-order chi connectivity index (χ1) is 18.1. The van der Waals surface area contributed by atoms with E-state index in [1.54, 1.807) is 0 Å². The molecule has 1 aromatic carbocycles. The van der Waals surface area contributed by atoms with Crippen molar-refractivity contribution in [2.45, 2.75) is 35.7 Å². The first-order valence-electron chi connectivity index (χ1n) is 12.8. The van der Waals surface area contributed by atoms with Crippen molar-refractivity contribution in [3.8, 4) is 0 Å². The number of amides is 1. The fourth-order valence-electron chi connectivity index (χ4n) is 4.44. The number of piperazine rings is 1. The van der Waals surface area contributed by atoms with Crippen LogP contribution in [0.3, 0.4) is 0 Å². The van der Waals surface area contributed by atoms with E-state index in [1.807, 2.05) is 29.6 Å². The quantitative estimate of drug-likeness (QED) is 0.305. The van der Waals surface area contributed by atoms with Gasteiger partial charge in [-0.15, -0.1) is 10.2 Å². The Labute approximate surface area is 223 Å². The number of benzene rings is 1. The van der Waals surface area contributed by atoms with Gasteiger partial charge in [-0.25, -0.2) is 4.98 Å². The number of carbonyl (C=O) groups is 1.